The second-order valence-electron chi connectivity index (χ2n) is 4.77. The van der Waals surface area contributed by atoms with Crippen LogP contribution in [0.2, 0.25) is 0 Å². The van der Waals surface area contributed by atoms with Crippen LogP contribution in [0.5, 0.6) is 0 Å². The minimum Gasteiger partial charge on any atom is -0.479 e. The Balaban J connectivity index is 1.67. The predicted octanol–water partition coefficient (Wildman–Crippen LogP) is 1.32. The summed E-state index contributed by atoms with van der Waals surface area (Å²) in [5.41, 5.74) is 0. The first-order valence-corrected chi connectivity index (χ1v) is 7.58. The van der Waals surface area contributed by atoms with E-state index in [1.807, 2.05) is 0 Å². The number of aliphatic carboxylic acids is 1. The Morgan fingerprint density at radius 1 is 1.40 bits per heavy atom. The SMILES string of the molecule is O=C(NCCCNC1CC1)NC(C(=O)O)c1cccs1. The normalized spacial score (nSPS) is 15.6. The Bertz CT molecular complexity index is 446. The second-order valence-corrected chi connectivity index (χ2v) is 5.75. The molecule has 0 bridgehead atoms. The van der Waals surface area contributed by atoms with E-state index in [2.05, 4.69) is 16.0 Å². The van der Waals surface area contributed by atoms with Gasteiger partial charge in [0.15, 0.2) is 6.04 Å². The Kier molecular flexibility index (Phi) is 5.37. The van der Waals surface area contributed by atoms with Crippen molar-refractivity contribution in [2.24, 2.45) is 0 Å². The third-order valence-corrected chi connectivity index (χ3v) is 3.94. The first-order valence-electron chi connectivity index (χ1n) is 6.71. The van der Waals surface area contributed by atoms with Gasteiger partial charge in [0.25, 0.3) is 0 Å². The highest BCUT2D eigenvalue weighted by molar-refractivity contribution is 7.10. The van der Waals surface area contributed by atoms with Crippen molar-refractivity contribution in [3.63, 3.8) is 0 Å². The maximum absolute atomic E-state index is 11.7. The first-order chi connectivity index (χ1) is 9.66. The largest absolute Gasteiger partial charge is 0.479 e. The molecule has 1 saturated carbocycles. The molecule has 0 saturated heterocycles. The zero-order valence-electron chi connectivity index (χ0n) is 11.1. The molecule has 0 aromatic carbocycles. The molecule has 1 fully saturated rings. The van der Waals surface area contributed by atoms with E-state index in [4.69, 9.17) is 5.11 Å². The Labute approximate surface area is 121 Å². The topological polar surface area (TPSA) is 90.5 Å². The fourth-order valence-corrected chi connectivity index (χ4v) is 2.54. The molecule has 4 N–H and O–H groups in total. The van der Waals surface area contributed by atoms with Gasteiger partial charge in [0.1, 0.15) is 0 Å². The average Bonchev–Trinajstić information content (AvgIpc) is 3.08. The zero-order valence-corrected chi connectivity index (χ0v) is 11.9. The van der Waals surface area contributed by atoms with E-state index in [-0.39, 0.29) is 0 Å². The fraction of sp³-hybridized carbons (Fsp3) is 0.538. The average molecular weight is 297 g/mol. The molecular weight excluding hydrogens is 278 g/mol. The molecule has 0 aliphatic heterocycles. The third-order valence-electron chi connectivity index (χ3n) is 3.00. The number of amides is 2. The van der Waals surface area contributed by atoms with Crippen LogP contribution in [0.15, 0.2) is 17.5 Å². The zero-order chi connectivity index (χ0) is 14.4. The van der Waals surface area contributed by atoms with Crippen LogP contribution in [0, 0.1) is 0 Å². The number of hydrogen-bond acceptors (Lipinski definition) is 4. The number of carbonyl (C=O) groups is 2. The van der Waals surface area contributed by atoms with Crippen LogP contribution in [0.1, 0.15) is 30.2 Å². The van der Waals surface area contributed by atoms with Crippen molar-refractivity contribution < 1.29 is 14.7 Å². The van der Waals surface area contributed by atoms with Crippen molar-refractivity contribution in [3.05, 3.63) is 22.4 Å². The highest BCUT2D eigenvalue weighted by Crippen LogP contribution is 2.19. The maximum Gasteiger partial charge on any atom is 0.331 e. The van der Waals surface area contributed by atoms with Gasteiger partial charge in [-0.05, 0) is 37.3 Å². The van der Waals surface area contributed by atoms with Crippen LogP contribution >= 0.6 is 11.3 Å². The molecule has 7 heteroatoms. The van der Waals surface area contributed by atoms with Crippen molar-refractivity contribution >= 4 is 23.3 Å². The summed E-state index contributed by atoms with van der Waals surface area (Å²) >= 11 is 1.31. The highest BCUT2D eigenvalue weighted by Gasteiger charge is 2.23. The summed E-state index contributed by atoms with van der Waals surface area (Å²) in [5, 5.41) is 19.4. The summed E-state index contributed by atoms with van der Waals surface area (Å²) in [4.78, 5) is 23.4. The molecule has 6 nitrogen and oxygen atoms in total. The van der Waals surface area contributed by atoms with Gasteiger partial charge in [-0.2, -0.15) is 0 Å². The number of carboxylic acid groups (broad SMARTS) is 1. The van der Waals surface area contributed by atoms with Gasteiger partial charge in [-0.1, -0.05) is 6.07 Å². The van der Waals surface area contributed by atoms with Gasteiger partial charge in [0, 0.05) is 17.5 Å². The number of carbonyl (C=O) groups excluding carboxylic acids is 1. The molecule has 2 amide bonds. The van der Waals surface area contributed by atoms with Crippen molar-refractivity contribution in [2.45, 2.75) is 31.3 Å². The molecule has 1 aromatic rings. The number of hydrogen-bond donors (Lipinski definition) is 4. The van der Waals surface area contributed by atoms with Gasteiger partial charge in [-0.25, -0.2) is 9.59 Å². The number of rotatable bonds is 8. The van der Waals surface area contributed by atoms with Gasteiger partial charge < -0.3 is 21.1 Å². The Morgan fingerprint density at radius 2 is 2.20 bits per heavy atom. The van der Waals surface area contributed by atoms with Crippen LogP contribution in [0.4, 0.5) is 4.79 Å². The molecule has 0 radical (unpaired) electrons. The van der Waals surface area contributed by atoms with Crippen LogP contribution in [0.25, 0.3) is 0 Å². The summed E-state index contributed by atoms with van der Waals surface area (Å²) in [5.74, 6) is -1.06. The second kappa shape index (κ2) is 7.25. The minimum absolute atomic E-state index is 0.447. The van der Waals surface area contributed by atoms with E-state index in [1.54, 1.807) is 17.5 Å². The summed E-state index contributed by atoms with van der Waals surface area (Å²) < 4.78 is 0. The Hall–Kier alpha value is -1.60. The molecule has 1 unspecified atom stereocenters. The Morgan fingerprint density at radius 3 is 2.80 bits per heavy atom. The molecule has 1 aromatic heterocycles. The molecule has 2 rings (SSSR count). The van der Waals surface area contributed by atoms with Gasteiger partial charge in [-0.3, -0.25) is 0 Å². The lowest BCUT2D eigenvalue weighted by atomic mass is 10.2. The van der Waals surface area contributed by atoms with Crippen LogP contribution in [-0.4, -0.2) is 36.2 Å². The molecule has 1 heterocycles. The summed E-state index contributed by atoms with van der Waals surface area (Å²) in [7, 11) is 0. The molecule has 1 aliphatic rings. The smallest absolute Gasteiger partial charge is 0.331 e. The lowest BCUT2D eigenvalue weighted by Crippen LogP contribution is -2.41. The van der Waals surface area contributed by atoms with Gasteiger partial charge in [0.2, 0.25) is 0 Å². The molecule has 1 atom stereocenters. The number of carboxylic acids is 1. The predicted molar refractivity (Wildman–Crippen MR) is 76.9 cm³/mol. The summed E-state index contributed by atoms with van der Waals surface area (Å²) in [6, 6.07) is 2.69. The van der Waals surface area contributed by atoms with E-state index in [1.165, 1.54) is 24.2 Å². The number of nitrogens with one attached hydrogen (secondary N) is 3. The van der Waals surface area contributed by atoms with E-state index in [0.29, 0.717) is 17.5 Å². The standard InChI is InChI=1S/C13H19N3O3S/c17-12(18)11(10-3-1-8-20-10)16-13(19)15-7-2-6-14-9-4-5-9/h1,3,8-9,11,14H,2,4-7H2,(H,17,18)(H2,15,16,19). The first kappa shape index (κ1) is 14.8. The van der Waals surface area contributed by atoms with Gasteiger partial charge in [-0.15, -0.1) is 11.3 Å². The molecular formula is C13H19N3O3S. The molecule has 110 valence electrons. The summed E-state index contributed by atoms with van der Waals surface area (Å²) in [6.45, 7) is 1.40. The van der Waals surface area contributed by atoms with E-state index in [0.717, 1.165) is 13.0 Å². The van der Waals surface area contributed by atoms with Gasteiger partial charge in [0.05, 0.1) is 0 Å². The highest BCUT2D eigenvalue weighted by atomic mass is 32.1. The summed E-state index contributed by atoms with van der Waals surface area (Å²) in [6.07, 6.45) is 3.32. The lowest BCUT2D eigenvalue weighted by Gasteiger charge is -2.13. The van der Waals surface area contributed by atoms with Crippen molar-refractivity contribution in [1.82, 2.24) is 16.0 Å². The van der Waals surface area contributed by atoms with E-state index >= 15 is 0 Å². The maximum atomic E-state index is 11.7. The van der Waals surface area contributed by atoms with E-state index < -0.39 is 18.0 Å². The molecule has 0 spiro atoms. The van der Waals surface area contributed by atoms with Crippen molar-refractivity contribution in [2.75, 3.05) is 13.1 Å². The quantitative estimate of drug-likeness (QED) is 0.545. The number of thiophene rings is 1. The minimum atomic E-state index is -1.06. The van der Waals surface area contributed by atoms with Crippen LogP contribution in [-0.2, 0) is 4.79 Å². The van der Waals surface area contributed by atoms with E-state index in [9.17, 15) is 9.59 Å². The monoisotopic (exact) mass is 297 g/mol. The molecule has 20 heavy (non-hydrogen) atoms. The van der Waals surface area contributed by atoms with Crippen LogP contribution in [0.3, 0.4) is 0 Å². The lowest BCUT2D eigenvalue weighted by molar-refractivity contribution is -0.139. The molecule has 1 aliphatic carbocycles. The number of urea groups is 1. The van der Waals surface area contributed by atoms with Crippen molar-refractivity contribution in [1.29, 1.82) is 0 Å². The van der Waals surface area contributed by atoms with Crippen molar-refractivity contribution in [3.8, 4) is 0 Å². The fourth-order valence-electron chi connectivity index (χ4n) is 1.78. The third kappa shape index (κ3) is 4.82. The van der Waals surface area contributed by atoms with Gasteiger partial charge >= 0.3 is 12.0 Å². The van der Waals surface area contributed by atoms with Crippen LogP contribution < -0.4 is 16.0 Å².